The zero-order valence-electron chi connectivity index (χ0n) is 8.53. The summed E-state index contributed by atoms with van der Waals surface area (Å²) in [6, 6.07) is 0. The molecule has 9 heteroatoms. The molecule has 0 amide bonds. The molecule has 0 spiro atoms. The number of aliphatic hydroxyl groups is 3. The smallest absolute Gasteiger partial charge is 0.342 e. The van der Waals surface area contributed by atoms with Crippen molar-refractivity contribution in [1.82, 2.24) is 15.2 Å². The van der Waals surface area contributed by atoms with Crippen molar-refractivity contribution in [3.63, 3.8) is 0 Å². The molecule has 1 aliphatic rings. The Labute approximate surface area is 93.7 Å². The fourth-order valence-corrected chi connectivity index (χ4v) is 1.68. The van der Waals surface area contributed by atoms with Crippen LogP contribution in [0.15, 0.2) is 9.59 Å². The number of hydrogen-bond donors (Lipinski definition) is 5. The molecule has 94 valence electrons. The zero-order valence-corrected chi connectivity index (χ0v) is 8.53. The van der Waals surface area contributed by atoms with Crippen LogP contribution in [-0.4, -0.2) is 55.4 Å². The van der Waals surface area contributed by atoms with Crippen molar-refractivity contribution >= 4 is 0 Å². The Balaban J connectivity index is 2.35. The van der Waals surface area contributed by atoms with Crippen molar-refractivity contribution in [3.05, 3.63) is 26.5 Å². The summed E-state index contributed by atoms with van der Waals surface area (Å²) in [7, 11) is 0. The summed E-state index contributed by atoms with van der Waals surface area (Å²) in [4.78, 5) is 24.1. The first-order valence-electron chi connectivity index (χ1n) is 4.86. The van der Waals surface area contributed by atoms with Crippen molar-refractivity contribution in [2.75, 3.05) is 6.61 Å². The number of H-pyrrole nitrogens is 2. The fourth-order valence-electron chi connectivity index (χ4n) is 1.68. The van der Waals surface area contributed by atoms with Crippen LogP contribution < -0.4 is 11.2 Å². The zero-order chi connectivity index (χ0) is 12.6. The number of rotatable bonds is 2. The number of ether oxygens (including phenoxy) is 1. The predicted octanol–water partition coefficient (Wildman–Crippen LogP) is -3.39. The molecule has 9 nitrogen and oxygen atoms in total. The summed E-state index contributed by atoms with van der Waals surface area (Å²) in [6.45, 7) is -0.504. The quantitative estimate of drug-likeness (QED) is 0.365. The van der Waals surface area contributed by atoms with Crippen LogP contribution in [0.2, 0.25) is 0 Å². The highest BCUT2D eigenvalue weighted by atomic mass is 16.6. The van der Waals surface area contributed by atoms with Crippen molar-refractivity contribution in [1.29, 1.82) is 0 Å². The Bertz CT molecular complexity index is 510. The Morgan fingerprint density at radius 3 is 2.53 bits per heavy atom. The molecule has 2 heterocycles. The van der Waals surface area contributed by atoms with Crippen LogP contribution in [0.5, 0.6) is 0 Å². The molecule has 0 aromatic carbocycles. The maximum absolute atomic E-state index is 11.4. The third kappa shape index (κ3) is 2.00. The molecule has 0 unspecified atom stereocenters. The summed E-state index contributed by atoms with van der Waals surface area (Å²) < 4.78 is 5.09. The Kier molecular flexibility index (Phi) is 3.07. The lowest BCUT2D eigenvalue weighted by molar-refractivity contribution is -0.0246. The van der Waals surface area contributed by atoms with Gasteiger partial charge in [0.25, 0.3) is 5.56 Å². The molecule has 1 aromatic rings. The Morgan fingerprint density at radius 1 is 1.29 bits per heavy atom. The van der Waals surface area contributed by atoms with Crippen molar-refractivity contribution in [2.45, 2.75) is 24.4 Å². The van der Waals surface area contributed by atoms with E-state index in [2.05, 4.69) is 5.10 Å². The number of aliphatic hydroxyl groups excluding tert-OH is 3. The summed E-state index contributed by atoms with van der Waals surface area (Å²) >= 11 is 0. The van der Waals surface area contributed by atoms with E-state index in [1.54, 1.807) is 0 Å². The second kappa shape index (κ2) is 4.37. The SMILES string of the molecule is O=c1[nH]nc([C@@H]2O[C@H](CO)[C@@H](O)[C@H]2O)c(=O)[nH]1. The summed E-state index contributed by atoms with van der Waals surface area (Å²) in [5.74, 6) is 0. The van der Waals surface area contributed by atoms with E-state index in [0.29, 0.717) is 0 Å². The highest BCUT2D eigenvalue weighted by Crippen LogP contribution is 2.30. The average Bonchev–Trinajstić information content (AvgIpc) is 2.57. The van der Waals surface area contributed by atoms with Crippen LogP contribution >= 0.6 is 0 Å². The van der Waals surface area contributed by atoms with Crippen molar-refractivity contribution < 1.29 is 20.1 Å². The van der Waals surface area contributed by atoms with Gasteiger partial charge in [-0.15, -0.1) is 0 Å². The van der Waals surface area contributed by atoms with E-state index in [1.807, 2.05) is 10.1 Å². The topological polar surface area (TPSA) is 149 Å². The van der Waals surface area contributed by atoms with Gasteiger partial charge in [-0.25, -0.2) is 9.89 Å². The van der Waals surface area contributed by atoms with Gasteiger partial charge in [-0.2, -0.15) is 5.10 Å². The number of aromatic amines is 2. The van der Waals surface area contributed by atoms with E-state index < -0.39 is 42.3 Å². The normalized spacial score (nSPS) is 32.9. The van der Waals surface area contributed by atoms with Crippen LogP contribution in [0.1, 0.15) is 11.8 Å². The van der Waals surface area contributed by atoms with Gasteiger partial charge in [-0.05, 0) is 0 Å². The van der Waals surface area contributed by atoms with E-state index in [1.165, 1.54) is 0 Å². The molecule has 5 N–H and O–H groups in total. The van der Waals surface area contributed by atoms with Gasteiger partial charge in [0.2, 0.25) is 0 Å². The number of hydrogen-bond acceptors (Lipinski definition) is 7. The monoisotopic (exact) mass is 245 g/mol. The molecule has 0 aliphatic carbocycles. The molecule has 1 aliphatic heterocycles. The molecular weight excluding hydrogens is 234 g/mol. The van der Waals surface area contributed by atoms with E-state index >= 15 is 0 Å². The molecule has 1 fully saturated rings. The molecule has 0 saturated carbocycles. The Morgan fingerprint density at radius 2 is 2.00 bits per heavy atom. The third-order valence-electron chi connectivity index (χ3n) is 2.55. The second-order valence-corrected chi connectivity index (χ2v) is 3.65. The molecular formula is C8H11N3O6. The minimum Gasteiger partial charge on any atom is -0.394 e. The van der Waals surface area contributed by atoms with Crippen LogP contribution in [-0.2, 0) is 4.74 Å². The van der Waals surface area contributed by atoms with Crippen molar-refractivity contribution in [3.8, 4) is 0 Å². The molecule has 4 atom stereocenters. The number of aromatic nitrogens is 3. The van der Waals surface area contributed by atoms with Crippen LogP contribution in [0, 0.1) is 0 Å². The standard InChI is InChI=1S/C8H11N3O6/c12-1-2-4(13)5(14)6(17-2)3-7(15)9-8(16)11-10-3/h2,4-6,12-14H,1H2,(H2,9,11,15,16)/t2-,4-,5-,6+/m1/s1. The summed E-state index contributed by atoms with van der Waals surface area (Å²) in [5.41, 5.74) is -1.86. The minimum atomic E-state index is -1.40. The highest BCUT2D eigenvalue weighted by molar-refractivity contribution is 5.06. The van der Waals surface area contributed by atoms with Gasteiger partial charge in [0.05, 0.1) is 6.61 Å². The molecule has 0 bridgehead atoms. The van der Waals surface area contributed by atoms with Crippen LogP contribution in [0.25, 0.3) is 0 Å². The van der Waals surface area contributed by atoms with Gasteiger partial charge >= 0.3 is 5.69 Å². The van der Waals surface area contributed by atoms with Gasteiger partial charge in [-0.1, -0.05) is 0 Å². The third-order valence-corrected chi connectivity index (χ3v) is 2.55. The first kappa shape index (κ1) is 11.9. The lowest BCUT2D eigenvalue weighted by Gasteiger charge is -2.11. The number of nitrogens with zero attached hydrogens (tertiary/aromatic N) is 1. The van der Waals surface area contributed by atoms with E-state index in [9.17, 15) is 19.8 Å². The summed E-state index contributed by atoms with van der Waals surface area (Å²) in [5, 5.41) is 33.4. The molecule has 0 radical (unpaired) electrons. The van der Waals surface area contributed by atoms with Gasteiger partial charge in [-0.3, -0.25) is 9.78 Å². The maximum Gasteiger partial charge on any atom is 0.342 e. The summed E-state index contributed by atoms with van der Waals surface area (Å²) in [6.07, 6.45) is -4.91. The molecule has 2 rings (SSSR count). The second-order valence-electron chi connectivity index (χ2n) is 3.65. The van der Waals surface area contributed by atoms with Crippen LogP contribution in [0.3, 0.4) is 0 Å². The minimum absolute atomic E-state index is 0.257. The van der Waals surface area contributed by atoms with E-state index in [0.717, 1.165) is 0 Å². The maximum atomic E-state index is 11.4. The van der Waals surface area contributed by atoms with E-state index in [4.69, 9.17) is 9.84 Å². The molecule has 1 saturated heterocycles. The van der Waals surface area contributed by atoms with Gasteiger partial charge < -0.3 is 20.1 Å². The number of nitrogens with one attached hydrogen (secondary N) is 2. The first-order valence-corrected chi connectivity index (χ1v) is 4.86. The van der Waals surface area contributed by atoms with Gasteiger partial charge in [0, 0.05) is 0 Å². The van der Waals surface area contributed by atoms with Crippen LogP contribution in [0.4, 0.5) is 0 Å². The largest absolute Gasteiger partial charge is 0.394 e. The highest BCUT2D eigenvalue weighted by Gasteiger charge is 2.44. The average molecular weight is 245 g/mol. The fraction of sp³-hybridized carbons (Fsp3) is 0.625. The lowest BCUT2D eigenvalue weighted by atomic mass is 10.1. The Hall–Kier alpha value is -1.55. The van der Waals surface area contributed by atoms with E-state index in [-0.39, 0.29) is 5.69 Å². The molecule has 1 aromatic heterocycles. The van der Waals surface area contributed by atoms with Gasteiger partial charge in [0.1, 0.15) is 24.4 Å². The van der Waals surface area contributed by atoms with Crippen molar-refractivity contribution in [2.24, 2.45) is 0 Å². The predicted molar refractivity (Wildman–Crippen MR) is 52.2 cm³/mol. The first-order chi connectivity index (χ1) is 8.04. The molecule has 17 heavy (non-hydrogen) atoms. The lowest BCUT2D eigenvalue weighted by Crippen LogP contribution is -2.35. The van der Waals surface area contributed by atoms with Gasteiger partial charge in [0.15, 0.2) is 5.69 Å².